The second-order valence-electron chi connectivity index (χ2n) is 4.49. The van der Waals surface area contributed by atoms with Gasteiger partial charge in [0.05, 0.1) is 12.8 Å². The van der Waals surface area contributed by atoms with E-state index >= 15 is 0 Å². The molecule has 0 fully saturated rings. The molecule has 1 aliphatic rings. The van der Waals surface area contributed by atoms with Crippen LogP contribution in [-0.2, 0) is 9.53 Å². The Morgan fingerprint density at radius 1 is 1.32 bits per heavy atom. The molecule has 8 nitrogen and oxygen atoms in total. The molecule has 2 N–H and O–H groups in total. The molecule has 1 aromatic heterocycles. The van der Waals surface area contributed by atoms with Crippen molar-refractivity contribution in [2.45, 2.75) is 0 Å². The number of hydrogen-bond donors (Lipinski definition) is 2. The molecule has 1 amide bonds. The summed E-state index contributed by atoms with van der Waals surface area (Å²) in [5.41, 5.74) is 1.62. The highest BCUT2D eigenvalue weighted by Gasteiger charge is 2.16. The molecule has 2 aromatic rings. The van der Waals surface area contributed by atoms with E-state index in [1.54, 1.807) is 18.2 Å². The Kier molecular flexibility index (Phi) is 3.65. The summed E-state index contributed by atoms with van der Waals surface area (Å²) >= 11 is 0. The minimum atomic E-state index is -0.524. The van der Waals surface area contributed by atoms with Gasteiger partial charge in [0.1, 0.15) is 12.2 Å². The van der Waals surface area contributed by atoms with Crippen LogP contribution in [0.4, 0.5) is 0 Å². The number of benzene rings is 1. The van der Waals surface area contributed by atoms with E-state index in [1.165, 1.54) is 7.11 Å². The second-order valence-corrected chi connectivity index (χ2v) is 4.49. The van der Waals surface area contributed by atoms with E-state index in [9.17, 15) is 9.59 Å². The van der Waals surface area contributed by atoms with Crippen molar-refractivity contribution >= 4 is 11.9 Å². The summed E-state index contributed by atoms with van der Waals surface area (Å²) in [7, 11) is 1.25. The monoisotopic (exact) mass is 303 g/mol. The molecular weight excluding hydrogens is 290 g/mol. The average molecular weight is 303 g/mol. The fourth-order valence-electron chi connectivity index (χ4n) is 1.96. The standard InChI is InChI=1S/C14H13N3O5/c1-20-13(18)6-15-14(19)10-5-9(16-17-10)8-2-3-11-12(4-8)22-7-21-11/h2-5H,6-7H2,1H3,(H,15,19)(H,16,17). The summed E-state index contributed by atoms with van der Waals surface area (Å²) in [4.78, 5) is 22.9. The van der Waals surface area contributed by atoms with Gasteiger partial charge in [-0.3, -0.25) is 14.7 Å². The van der Waals surface area contributed by atoms with E-state index in [-0.39, 0.29) is 19.0 Å². The number of rotatable bonds is 4. The number of nitrogens with zero attached hydrogens (tertiary/aromatic N) is 1. The molecule has 1 aromatic carbocycles. The van der Waals surface area contributed by atoms with Crippen molar-refractivity contribution in [3.63, 3.8) is 0 Å². The fourth-order valence-corrected chi connectivity index (χ4v) is 1.96. The molecule has 0 unspecified atom stereocenters. The highest BCUT2D eigenvalue weighted by atomic mass is 16.7. The minimum absolute atomic E-state index is 0.195. The summed E-state index contributed by atoms with van der Waals surface area (Å²) < 4.78 is 15.0. The molecule has 0 saturated heterocycles. The van der Waals surface area contributed by atoms with Crippen molar-refractivity contribution in [2.24, 2.45) is 0 Å². The number of aromatic nitrogens is 2. The van der Waals surface area contributed by atoms with Gasteiger partial charge in [0, 0.05) is 5.56 Å². The zero-order chi connectivity index (χ0) is 15.5. The molecular formula is C14H13N3O5. The molecule has 1 aliphatic heterocycles. The van der Waals surface area contributed by atoms with Crippen molar-refractivity contribution in [2.75, 3.05) is 20.4 Å². The summed E-state index contributed by atoms with van der Waals surface area (Å²) in [5.74, 6) is 0.348. The number of amides is 1. The Labute approximate surface area is 125 Å². The quantitative estimate of drug-likeness (QED) is 0.806. The van der Waals surface area contributed by atoms with Gasteiger partial charge in [-0.15, -0.1) is 0 Å². The van der Waals surface area contributed by atoms with Crippen LogP contribution >= 0.6 is 0 Å². The van der Waals surface area contributed by atoms with Gasteiger partial charge in [-0.05, 0) is 24.3 Å². The highest BCUT2D eigenvalue weighted by Crippen LogP contribution is 2.35. The van der Waals surface area contributed by atoms with Crippen LogP contribution in [0.2, 0.25) is 0 Å². The van der Waals surface area contributed by atoms with Crippen molar-refractivity contribution < 1.29 is 23.8 Å². The van der Waals surface area contributed by atoms with Gasteiger partial charge in [0.25, 0.3) is 5.91 Å². The Bertz CT molecular complexity index is 725. The first-order chi connectivity index (χ1) is 10.7. The van der Waals surface area contributed by atoms with Crippen LogP contribution in [0, 0.1) is 0 Å². The van der Waals surface area contributed by atoms with Crippen molar-refractivity contribution in [1.29, 1.82) is 0 Å². The number of carbonyl (C=O) groups excluding carboxylic acids is 2. The number of esters is 1. The predicted octanol–water partition coefficient (Wildman–Crippen LogP) is 0.708. The van der Waals surface area contributed by atoms with Gasteiger partial charge < -0.3 is 19.5 Å². The first-order valence-corrected chi connectivity index (χ1v) is 6.48. The maximum atomic E-state index is 11.9. The Hall–Kier alpha value is -3.03. The van der Waals surface area contributed by atoms with E-state index in [2.05, 4.69) is 20.3 Å². The SMILES string of the molecule is COC(=O)CNC(=O)c1cc(-c2ccc3c(c2)OCO3)n[nH]1. The van der Waals surface area contributed by atoms with Crippen LogP contribution in [0.1, 0.15) is 10.5 Å². The molecule has 0 atom stereocenters. The molecule has 22 heavy (non-hydrogen) atoms. The number of H-pyrrole nitrogens is 1. The third-order valence-corrected chi connectivity index (χ3v) is 3.11. The predicted molar refractivity (Wildman–Crippen MR) is 74.5 cm³/mol. The molecule has 3 rings (SSSR count). The lowest BCUT2D eigenvalue weighted by molar-refractivity contribution is -0.139. The third-order valence-electron chi connectivity index (χ3n) is 3.11. The van der Waals surface area contributed by atoms with E-state index in [0.29, 0.717) is 17.2 Å². The van der Waals surface area contributed by atoms with Crippen LogP contribution in [0.3, 0.4) is 0 Å². The van der Waals surface area contributed by atoms with Gasteiger partial charge in [0.15, 0.2) is 11.5 Å². The molecule has 0 bridgehead atoms. The average Bonchev–Trinajstić information content (AvgIpc) is 3.20. The number of carbonyl (C=O) groups is 2. The van der Waals surface area contributed by atoms with Crippen molar-refractivity contribution in [3.8, 4) is 22.8 Å². The number of fused-ring (bicyclic) bond motifs is 1. The van der Waals surface area contributed by atoms with Gasteiger partial charge in [-0.2, -0.15) is 5.10 Å². The Balaban J connectivity index is 1.73. The van der Waals surface area contributed by atoms with Crippen LogP contribution in [-0.4, -0.2) is 42.5 Å². The van der Waals surface area contributed by atoms with Crippen LogP contribution < -0.4 is 14.8 Å². The first-order valence-electron chi connectivity index (χ1n) is 6.48. The number of aromatic amines is 1. The zero-order valence-corrected chi connectivity index (χ0v) is 11.7. The number of ether oxygens (including phenoxy) is 3. The van der Waals surface area contributed by atoms with Gasteiger partial charge >= 0.3 is 5.97 Å². The summed E-state index contributed by atoms with van der Waals surface area (Å²) in [6.07, 6.45) is 0. The Morgan fingerprint density at radius 2 is 2.14 bits per heavy atom. The van der Waals surface area contributed by atoms with Crippen molar-refractivity contribution in [3.05, 3.63) is 30.0 Å². The Morgan fingerprint density at radius 3 is 2.95 bits per heavy atom. The van der Waals surface area contributed by atoms with Gasteiger partial charge in [-0.25, -0.2) is 0 Å². The third kappa shape index (κ3) is 2.71. The van der Waals surface area contributed by atoms with E-state index in [0.717, 1.165) is 5.56 Å². The van der Waals surface area contributed by atoms with Crippen LogP contribution in [0.15, 0.2) is 24.3 Å². The zero-order valence-electron chi connectivity index (χ0n) is 11.7. The van der Waals surface area contributed by atoms with Gasteiger partial charge in [0.2, 0.25) is 6.79 Å². The lowest BCUT2D eigenvalue weighted by Gasteiger charge is -2.01. The summed E-state index contributed by atoms with van der Waals surface area (Å²) in [6, 6.07) is 6.97. The van der Waals surface area contributed by atoms with E-state index < -0.39 is 11.9 Å². The molecule has 0 spiro atoms. The van der Waals surface area contributed by atoms with Crippen LogP contribution in [0.5, 0.6) is 11.5 Å². The lowest BCUT2D eigenvalue weighted by Crippen LogP contribution is -2.30. The summed E-state index contributed by atoms with van der Waals surface area (Å²) in [6.45, 7) is -0.00571. The molecule has 0 saturated carbocycles. The maximum Gasteiger partial charge on any atom is 0.325 e. The summed E-state index contributed by atoms with van der Waals surface area (Å²) in [5, 5.41) is 9.14. The normalized spacial score (nSPS) is 12.0. The second kappa shape index (κ2) is 5.76. The number of hydrogen-bond acceptors (Lipinski definition) is 6. The smallest absolute Gasteiger partial charge is 0.325 e. The minimum Gasteiger partial charge on any atom is -0.468 e. The van der Waals surface area contributed by atoms with Gasteiger partial charge in [-0.1, -0.05) is 0 Å². The number of nitrogens with one attached hydrogen (secondary N) is 2. The maximum absolute atomic E-state index is 11.9. The highest BCUT2D eigenvalue weighted by molar-refractivity contribution is 5.95. The van der Waals surface area contributed by atoms with E-state index in [4.69, 9.17) is 9.47 Å². The molecule has 0 radical (unpaired) electrons. The lowest BCUT2D eigenvalue weighted by atomic mass is 10.1. The molecule has 0 aliphatic carbocycles. The fraction of sp³-hybridized carbons (Fsp3) is 0.214. The van der Waals surface area contributed by atoms with Crippen molar-refractivity contribution in [1.82, 2.24) is 15.5 Å². The molecule has 8 heteroatoms. The molecule has 2 heterocycles. The topological polar surface area (TPSA) is 103 Å². The van der Waals surface area contributed by atoms with Crippen LogP contribution in [0.25, 0.3) is 11.3 Å². The van der Waals surface area contributed by atoms with E-state index in [1.807, 2.05) is 6.07 Å². The first kappa shape index (κ1) is 13.9. The molecule has 114 valence electrons. The number of methoxy groups -OCH3 is 1. The largest absolute Gasteiger partial charge is 0.468 e.